The SMILES string of the molecule is C[C@@H]1CC2=C(C[C@@H]1[C@H]1N=C(N)Nc3nc4ccccc4n31)C(C)(C)CCC2. The van der Waals surface area contributed by atoms with E-state index in [1.54, 1.807) is 11.1 Å². The molecule has 5 rings (SSSR count). The zero-order valence-electron chi connectivity index (χ0n) is 16.5. The second-order valence-corrected chi connectivity index (χ2v) is 9.22. The molecule has 0 fully saturated rings. The summed E-state index contributed by atoms with van der Waals surface area (Å²) < 4.78 is 2.27. The Balaban J connectivity index is 1.60. The Morgan fingerprint density at radius 1 is 1.22 bits per heavy atom. The van der Waals surface area contributed by atoms with Crippen molar-refractivity contribution < 1.29 is 0 Å². The summed E-state index contributed by atoms with van der Waals surface area (Å²) >= 11 is 0. The van der Waals surface area contributed by atoms with E-state index in [-0.39, 0.29) is 6.17 Å². The molecule has 5 heteroatoms. The van der Waals surface area contributed by atoms with Gasteiger partial charge in [0, 0.05) is 5.92 Å². The van der Waals surface area contributed by atoms with Gasteiger partial charge in [0.05, 0.1) is 11.0 Å². The molecule has 2 aliphatic carbocycles. The van der Waals surface area contributed by atoms with Crippen LogP contribution in [0.3, 0.4) is 0 Å². The summed E-state index contributed by atoms with van der Waals surface area (Å²) in [6.45, 7) is 7.24. The van der Waals surface area contributed by atoms with Crippen molar-refractivity contribution in [3.63, 3.8) is 0 Å². The van der Waals surface area contributed by atoms with Crippen LogP contribution in [0.15, 0.2) is 40.4 Å². The first-order chi connectivity index (χ1) is 12.9. The van der Waals surface area contributed by atoms with Gasteiger partial charge in [-0.15, -0.1) is 0 Å². The van der Waals surface area contributed by atoms with Gasteiger partial charge in [0.25, 0.3) is 0 Å². The number of allylic oxidation sites excluding steroid dienone is 2. The topological polar surface area (TPSA) is 68.2 Å². The zero-order valence-corrected chi connectivity index (χ0v) is 16.5. The number of hydrogen-bond acceptors (Lipinski definition) is 4. The number of nitrogens with two attached hydrogens (primary N) is 1. The number of imidazole rings is 1. The third-order valence-electron chi connectivity index (χ3n) is 7.02. The van der Waals surface area contributed by atoms with Gasteiger partial charge in [-0.05, 0) is 55.6 Å². The van der Waals surface area contributed by atoms with E-state index in [2.05, 4.69) is 48.9 Å². The van der Waals surface area contributed by atoms with Gasteiger partial charge in [-0.2, -0.15) is 0 Å². The summed E-state index contributed by atoms with van der Waals surface area (Å²) in [5.41, 5.74) is 12.0. The highest BCUT2D eigenvalue weighted by Gasteiger charge is 2.41. The quantitative estimate of drug-likeness (QED) is 0.713. The summed E-state index contributed by atoms with van der Waals surface area (Å²) in [4.78, 5) is 9.65. The molecule has 0 bridgehead atoms. The lowest BCUT2D eigenvalue weighted by molar-refractivity contribution is 0.199. The molecule has 0 saturated carbocycles. The molecule has 3 atom stereocenters. The van der Waals surface area contributed by atoms with Crippen LogP contribution >= 0.6 is 0 Å². The number of nitrogens with one attached hydrogen (secondary N) is 1. The molecule has 1 aromatic heterocycles. The predicted molar refractivity (Wildman–Crippen MR) is 111 cm³/mol. The number of hydrogen-bond donors (Lipinski definition) is 2. The maximum Gasteiger partial charge on any atom is 0.212 e. The molecule has 5 nitrogen and oxygen atoms in total. The van der Waals surface area contributed by atoms with Crippen LogP contribution in [0.4, 0.5) is 5.95 Å². The average Bonchev–Trinajstić information content (AvgIpc) is 2.98. The number of fused-ring (bicyclic) bond motifs is 3. The van der Waals surface area contributed by atoms with Crippen molar-refractivity contribution in [2.24, 2.45) is 28.0 Å². The number of guanidine groups is 1. The van der Waals surface area contributed by atoms with Crippen LogP contribution in [-0.4, -0.2) is 15.5 Å². The van der Waals surface area contributed by atoms with Crippen molar-refractivity contribution in [2.45, 2.75) is 59.0 Å². The van der Waals surface area contributed by atoms with Crippen molar-refractivity contribution in [3.8, 4) is 0 Å². The van der Waals surface area contributed by atoms with Crippen LogP contribution in [0.1, 0.15) is 59.0 Å². The number of aromatic nitrogens is 2. The molecule has 0 spiro atoms. The fraction of sp³-hybridized carbons (Fsp3) is 0.545. The lowest BCUT2D eigenvalue weighted by Gasteiger charge is -2.45. The summed E-state index contributed by atoms with van der Waals surface area (Å²) in [5, 5.41) is 3.17. The van der Waals surface area contributed by atoms with Crippen molar-refractivity contribution in [2.75, 3.05) is 5.32 Å². The molecule has 1 aliphatic heterocycles. The van der Waals surface area contributed by atoms with Crippen molar-refractivity contribution >= 4 is 22.9 Å². The number of aliphatic imine (C=N–C) groups is 1. The normalized spacial score (nSPS) is 29.7. The molecule has 0 unspecified atom stereocenters. The van der Waals surface area contributed by atoms with Crippen molar-refractivity contribution in [1.29, 1.82) is 0 Å². The molecular formula is C22H29N5. The fourth-order valence-corrected chi connectivity index (χ4v) is 5.58. The molecule has 3 aliphatic rings. The Morgan fingerprint density at radius 2 is 2.04 bits per heavy atom. The molecule has 27 heavy (non-hydrogen) atoms. The highest BCUT2D eigenvalue weighted by molar-refractivity contribution is 5.94. The standard InChI is InChI=1S/C22H29N5/c1-13-11-14-7-6-10-22(2,3)16(14)12-15(13)19-25-20(23)26-21-24-17-8-4-5-9-18(17)27(19)21/h4-5,8-9,13,15,19H,6-7,10-12H2,1-3H3,(H3,23,24,25,26)/t13-,15+,19+/m1/s1. The maximum absolute atomic E-state index is 6.17. The number of rotatable bonds is 1. The third kappa shape index (κ3) is 2.59. The van der Waals surface area contributed by atoms with Crippen LogP contribution in [-0.2, 0) is 0 Å². The Kier molecular flexibility index (Phi) is 3.65. The van der Waals surface area contributed by atoms with Gasteiger partial charge in [-0.3, -0.25) is 9.88 Å². The summed E-state index contributed by atoms with van der Waals surface area (Å²) in [5.74, 6) is 2.34. The van der Waals surface area contributed by atoms with E-state index in [1.165, 1.54) is 25.7 Å². The summed E-state index contributed by atoms with van der Waals surface area (Å²) in [6.07, 6.45) is 6.24. The minimum Gasteiger partial charge on any atom is -0.370 e. The van der Waals surface area contributed by atoms with Crippen molar-refractivity contribution in [1.82, 2.24) is 9.55 Å². The van der Waals surface area contributed by atoms with Crippen LogP contribution in [0.2, 0.25) is 0 Å². The van der Waals surface area contributed by atoms with E-state index in [0.29, 0.717) is 23.2 Å². The van der Waals surface area contributed by atoms with Crippen LogP contribution in [0.25, 0.3) is 11.0 Å². The Hall–Kier alpha value is -2.30. The van der Waals surface area contributed by atoms with Crippen LogP contribution in [0, 0.1) is 17.3 Å². The average molecular weight is 364 g/mol. The summed E-state index contributed by atoms with van der Waals surface area (Å²) in [6, 6.07) is 8.31. The Labute approximate surface area is 160 Å². The van der Waals surface area contributed by atoms with Crippen molar-refractivity contribution in [3.05, 3.63) is 35.4 Å². The minimum atomic E-state index is 0.00965. The smallest absolute Gasteiger partial charge is 0.212 e. The third-order valence-corrected chi connectivity index (χ3v) is 7.02. The molecule has 3 N–H and O–H groups in total. The van der Waals surface area contributed by atoms with Gasteiger partial charge >= 0.3 is 0 Å². The number of anilines is 1. The zero-order chi connectivity index (χ0) is 18.8. The van der Waals surface area contributed by atoms with Gasteiger partial charge in [-0.25, -0.2) is 9.98 Å². The van der Waals surface area contributed by atoms with Gasteiger partial charge < -0.3 is 5.73 Å². The lowest BCUT2D eigenvalue weighted by Crippen LogP contribution is -2.38. The summed E-state index contributed by atoms with van der Waals surface area (Å²) in [7, 11) is 0. The van der Waals surface area contributed by atoms with E-state index >= 15 is 0 Å². The van der Waals surface area contributed by atoms with Crippen LogP contribution < -0.4 is 11.1 Å². The fourth-order valence-electron chi connectivity index (χ4n) is 5.58. The highest BCUT2D eigenvalue weighted by Crippen LogP contribution is 2.52. The van der Waals surface area contributed by atoms with Gasteiger partial charge in [0.2, 0.25) is 5.95 Å². The molecule has 2 heterocycles. The van der Waals surface area contributed by atoms with E-state index in [4.69, 9.17) is 15.7 Å². The van der Waals surface area contributed by atoms with E-state index in [0.717, 1.165) is 23.4 Å². The second kappa shape index (κ2) is 5.85. The van der Waals surface area contributed by atoms with Gasteiger partial charge in [-0.1, -0.05) is 44.1 Å². The van der Waals surface area contributed by atoms with Crippen LogP contribution in [0.5, 0.6) is 0 Å². The molecular weight excluding hydrogens is 334 g/mol. The Morgan fingerprint density at radius 3 is 2.89 bits per heavy atom. The first-order valence-corrected chi connectivity index (χ1v) is 10.2. The molecule has 1 aromatic carbocycles. The number of para-hydroxylation sites is 2. The minimum absolute atomic E-state index is 0.00965. The van der Waals surface area contributed by atoms with Gasteiger partial charge in [0.1, 0.15) is 6.17 Å². The molecule has 2 aromatic rings. The predicted octanol–water partition coefficient (Wildman–Crippen LogP) is 4.83. The molecule has 0 saturated heterocycles. The Bertz CT molecular complexity index is 964. The van der Waals surface area contributed by atoms with Gasteiger partial charge in [0.15, 0.2) is 5.96 Å². The maximum atomic E-state index is 6.17. The molecule has 0 amide bonds. The first-order valence-electron chi connectivity index (χ1n) is 10.2. The largest absolute Gasteiger partial charge is 0.370 e. The number of benzene rings is 1. The second-order valence-electron chi connectivity index (χ2n) is 9.22. The lowest BCUT2D eigenvalue weighted by atomic mass is 9.63. The first kappa shape index (κ1) is 16.8. The highest BCUT2D eigenvalue weighted by atomic mass is 15.4. The van der Waals surface area contributed by atoms with E-state index in [9.17, 15) is 0 Å². The van der Waals surface area contributed by atoms with E-state index < -0.39 is 0 Å². The molecule has 142 valence electrons. The van der Waals surface area contributed by atoms with E-state index in [1.807, 2.05) is 6.07 Å². The molecule has 0 radical (unpaired) electrons. The number of nitrogens with zero attached hydrogens (tertiary/aromatic N) is 3. The monoisotopic (exact) mass is 363 g/mol.